The molecule has 5 heteroatoms. The average Bonchev–Trinajstić information content (AvgIpc) is 2.25. The molecule has 0 spiro atoms. The maximum absolute atomic E-state index is 5.86. The highest BCUT2D eigenvalue weighted by Gasteiger charge is 2.11. The molecule has 0 unspecified atom stereocenters. The van der Waals surface area contributed by atoms with Gasteiger partial charge in [0.15, 0.2) is 0 Å². The number of hydrogen-bond acceptors (Lipinski definition) is 4. The van der Waals surface area contributed by atoms with Crippen LogP contribution in [0.5, 0.6) is 0 Å². The number of halogens is 1. The predicted octanol–water partition coefficient (Wildman–Crippen LogP) is 2.60. The van der Waals surface area contributed by atoms with Crippen LogP contribution in [0.3, 0.4) is 0 Å². The standard InChI is InChI=1S/C12H20BrN3O/c1-4-17-6-5-10-15-9(7-8(2)3)11(13)12(14)16-10/h8H,4-7H2,1-3H3,(H2,14,15,16). The quantitative estimate of drug-likeness (QED) is 0.821. The molecule has 1 heterocycles. The van der Waals surface area contributed by atoms with E-state index in [1.807, 2.05) is 6.92 Å². The maximum atomic E-state index is 5.86. The number of nitrogen functional groups attached to an aromatic ring is 1. The Morgan fingerprint density at radius 2 is 2.06 bits per heavy atom. The van der Waals surface area contributed by atoms with Crippen molar-refractivity contribution in [3.63, 3.8) is 0 Å². The molecule has 2 N–H and O–H groups in total. The fourth-order valence-electron chi connectivity index (χ4n) is 1.51. The summed E-state index contributed by atoms with van der Waals surface area (Å²) in [6.45, 7) is 7.64. The van der Waals surface area contributed by atoms with Crippen molar-refractivity contribution in [3.8, 4) is 0 Å². The fourth-order valence-corrected chi connectivity index (χ4v) is 1.85. The van der Waals surface area contributed by atoms with Gasteiger partial charge in [0, 0.05) is 13.0 Å². The number of rotatable bonds is 6. The van der Waals surface area contributed by atoms with E-state index in [1.54, 1.807) is 0 Å². The number of anilines is 1. The van der Waals surface area contributed by atoms with Gasteiger partial charge >= 0.3 is 0 Å². The molecule has 1 aromatic rings. The first-order valence-corrected chi connectivity index (χ1v) is 6.72. The molecule has 0 aliphatic heterocycles. The van der Waals surface area contributed by atoms with Crippen LogP contribution in [0.2, 0.25) is 0 Å². The maximum Gasteiger partial charge on any atom is 0.141 e. The Kier molecular flexibility index (Phi) is 5.85. The van der Waals surface area contributed by atoms with Crippen molar-refractivity contribution in [1.29, 1.82) is 0 Å². The minimum absolute atomic E-state index is 0.516. The molecule has 1 aromatic heterocycles. The molecule has 0 amide bonds. The summed E-state index contributed by atoms with van der Waals surface area (Å²) in [5, 5.41) is 0. The normalized spacial score (nSPS) is 11.1. The SMILES string of the molecule is CCOCCc1nc(N)c(Br)c(CC(C)C)n1. The number of hydrogen-bond donors (Lipinski definition) is 1. The molecule has 0 saturated carbocycles. The van der Waals surface area contributed by atoms with Gasteiger partial charge in [-0.2, -0.15) is 0 Å². The first-order chi connectivity index (χ1) is 8.04. The molecule has 96 valence electrons. The van der Waals surface area contributed by atoms with Crippen LogP contribution < -0.4 is 5.73 Å². The molecule has 0 aliphatic rings. The Morgan fingerprint density at radius 1 is 1.35 bits per heavy atom. The van der Waals surface area contributed by atoms with E-state index in [9.17, 15) is 0 Å². The minimum atomic E-state index is 0.516. The number of nitrogens with zero attached hydrogens (tertiary/aromatic N) is 2. The molecule has 0 aliphatic carbocycles. The highest BCUT2D eigenvalue weighted by Crippen LogP contribution is 2.23. The molecule has 0 atom stereocenters. The summed E-state index contributed by atoms with van der Waals surface area (Å²) in [7, 11) is 0. The van der Waals surface area contributed by atoms with Gasteiger partial charge in [-0.25, -0.2) is 9.97 Å². The topological polar surface area (TPSA) is 61.0 Å². The number of nitrogens with two attached hydrogens (primary N) is 1. The van der Waals surface area contributed by atoms with E-state index in [0.29, 0.717) is 31.4 Å². The average molecular weight is 302 g/mol. The van der Waals surface area contributed by atoms with Gasteiger partial charge in [0.2, 0.25) is 0 Å². The summed E-state index contributed by atoms with van der Waals surface area (Å²) in [6, 6.07) is 0. The highest BCUT2D eigenvalue weighted by atomic mass is 79.9. The van der Waals surface area contributed by atoms with Crippen LogP contribution in [0, 0.1) is 5.92 Å². The van der Waals surface area contributed by atoms with Crippen molar-refractivity contribution in [1.82, 2.24) is 9.97 Å². The van der Waals surface area contributed by atoms with Crippen LogP contribution in [0.4, 0.5) is 5.82 Å². The number of ether oxygens (including phenoxy) is 1. The van der Waals surface area contributed by atoms with Crippen LogP contribution >= 0.6 is 15.9 Å². The van der Waals surface area contributed by atoms with E-state index in [2.05, 4.69) is 39.7 Å². The monoisotopic (exact) mass is 301 g/mol. The molecule has 0 saturated heterocycles. The Bertz CT molecular complexity index is 369. The van der Waals surface area contributed by atoms with Gasteiger partial charge in [-0.1, -0.05) is 13.8 Å². The van der Waals surface area contributed by atoms with Crippen LogP contribution in [0.15, 0.2) is 4.47 Å². The molecular weight excluding hydrogens is 282 g/mol. The van der Waals surface area contributed by atoms with Crippen molar-refractivity contribution in [2.24, 2.45) is 5.92 Å². The molecule has 1 rings (SSSR count). The van der Waals surface area contributed by atoms with Crippen LogP contribution in [0.1, 0.15) is 32.3 Å². The van der Waals surface area contributed by atoms with Gasteiger partial charge in [-0.3, -0.25) is 0 Å². The largest absolute Gasteiger partial charge is 0.383 e. The van der Waals surface area contributed by atoms with Crippen molar-refractivity contribution >= 4 is 21.7 Å². The van der Waals surface area contributed by atoms with Crippen molar-refractivity contribution in [2.75, 3.05) is 18.9 Å². The lowest BCUT2D eigenvalue weighted by molar-refractivity contribution is 0.149. The van der Waals surface area contributed by atoms with E-state index >= 15 is 0 Å². The van der Waals surface area contributed by atoms with Crippen molar-refractivity contribution < 1.29 is 4.74 Å². The summed E-state index contributed by atoms with van der Waals surface area (Å²) in [4.78, 5) is 8.78. The molecular formula is C12H20BrN3O. The Morgan fingerprint density at radius 3 is 2.65 bits per heavy atom. The van der Waals surface area contributed by atoms with Crippen molar-refractivity contribution in [2.45, 2.75) is 33.6 Å². The van der Waals surface area contributed by atoms with Gasteiger partial charge in [-0.05, 0) is 35.2 Å². The van der Waals surface area contributed by atoms with E-state index in [1.165, 1.54) is 0 Å². The van der Waals surface area contributed by atoms with E-state index in [0.717, 1.165) is 22.4 Å². The third kappa shape index (κ3) is 4.60. The van der Waals surface area contributed by atoms with E-state index in [4.69, 9.17) is 10.5 Å². The van der Waals surface area contributed by atoms with Crippen LogP contribution in [-0.2, 0) is 17.6 Å². The van der Waals surface area contributed by atoms with Crippen LogP contribution in [-0.4, -0.2) is 23.2 Å². The van der Waals surface area contributed by atoms with Gasteiger partial charge in [0.05, 0.1) is 16.8 Å². The zero-order valence-electron chi connectivity index (χ0n) is 10.7. The lowest BCUT2D eigenvalue weighted by Gasteiger charge is -2.10. The zero-order chi connectivity index (χ0) is 12.8. The summed E-state index contributed by atoms with van der Waals surface area (Å²) in [6.07, 6.45) is 1.60. The third-order valence-electron chi connectivity index (χ3n) is 2.27. The molecule has 0 radical (unpaired) electrons. The molecule has 0 bridgehead atoms. The zero-order valence-corrected chi connectivity index (χ0v) is 12.2. The van der Waals surface area contributed by atoms with Gasteiger partial charge < -0.3 is 10.5 Å². The summed E-state index contributed by atoms with van der Waals surface area (Å²) in [5.41, 5.74) is 6.85. The second-order valence-corrected chi connectivity index (χ2v) is 5.12. The Hall–Kier alpha value is -0.680. The summed E-state index contributed by atoms with van der Waals surface area (Å²) >= 11 is 3.44. The first kappa shape index (κ1) is 14.4. The second kappa shape index (κ2) is 6.91. The van der Waals surface area contributed by atoms with Gasteiger partial charge in [0.25, 0.3) is 0 Å². The third-order valence-corrected chi connectivity index (χ3v) is 3.13. The smallest absolute Gasteiger partial charge is 0.141 e. The molecule has 0 aromatic carbocycles. The fraction of sp³-hybridized carbons (Fsp3) is 0.667. The van der Waals surface area contributed by atoms with E-state index < -0.39 is 0 Å². The minimum Gasteiger partial charge on any atom is -0.383 e. The first-order valence-electron chi connectivity index (χ1n) is 5.93. The summed E-state index contributed by atoms with van der Waals surface area (Å²) in [5.74, 6) is 1.82. The lowest BCUT2D eigenvalue weighted by Crippen LogP contribution is -2.10. The second-order valence-electron chi connectivity index (χ2n) is 4.33. The van der Waals surface area contributed by atoms with Crippen molar-refractivity contribution in [3.05, 3.63) is 16.0 Å². The summed E-state index contributed by atoms with van der Waals surface area (Å²) < 4.78 is 6.12. The Labute approximate surface area is 111 Å². The molecule has 4 nitrogen and oxygen atoms in total. The van der Waals surface area contributed by atoms with Gasteiger partial charge in [0.1, 0.15) is 11.6 Å². The van der Waals surface area contributed by atoms with Gasteiger partial charge in [-0.15, -0.1) is 0 Å². The molecule has 17 heavy (non-hydrogen) atoms. The molecule has 0 fully saturated rings. The number of aromatic nitrogens is 2. The lowest BCUT2D eigenvalue weighted by atomic mass is 10.1. The van der Waals surface area contributed by atoms with Crippen LogP contribution in [0.25, 0.3) is 0 Å². The van der Waals surface area contributed by atoms with E-state index in [-0.39, 0.29) is 0 Å². The Balaban J connectivity index is 2.82. The highest BCUT2D eigenvalue weighted by molar-refractivity contribution is 9.10. The predicted molar refractivity (Wildman–Crippen MR) is 72.9 cm³/mol.